The Labute approximate surface area is 145 Å². The van der Waals surface area contributed by atoms with Gasteiger partial charge < -0.3 is 9.84 Å². The third kappa shape index (κ3) is 3.14. The van der Waals surface area contributed by atoms with E-state index in [1.165, 1.54) is 11.1 Å². The second-order valence-electron chi connectivity index (χ2n) is 5.81. The Bertz CT molecular complexity index is 715. The van der Waals surface area contributed by atoms with Crippen molar-refractivity contribution in [3.63, 3.8) is 0 Å². The number of halogens is 1. The molecule has 2 aromatic rings. The summed E-state index contributed by atoms with van der Waals surface area (Å²) in [4.78, 5) is 2.38. The summed E-state index contributed by atoms with van der Waals surface area (Å²) < 4.78 is 6.00. The first-order chi connectivity index (χ1) is 11.1. The first-order valence-corrected chi connectivity index (χ1v) is 8.40. The Morgan fingerprint density at radius 1 is 1.39 bits per heavy atom. The normalized spacial score (nSPS) is 17.6. The molecule has 0 aromatic heterocycles. The number of nitrogens with zero attached hydrogens (tertiary/aromatic N) is 1. The van der Waals surface area contributed by atoms with Gasteiger partial charge in [0.25, 0.3) is 0 Å². The molecule has 0 unspecified atom stereocenters. The average molecular weight is 374 g/mol. The molecule has 120 valence electrons. The number of phenols is 1. The van der Waals surface area contributed by atoms with E-state index in [9.17, 15) is 5.11 Å². The number of aromatic hydroxyl groups is 1. The average Bonchev–Trinajstić information content (AvgIpc) is 2.58. The number of hydrogen-bond acceptors (Lipinski definition) is 3. The first-order valence-electron chi connectivity index (χ1n) is 7.61. The molecule has 0 saturated carbocycles. The van der Waals surface area contributed by atoms with Gasteiger partial charge in [0.2, 0.25) is 0 Å². The van der Waals surface area contributed by atoms with Crippen LogP contribution in [0.5, 0.6) is 11.5 Å². The molecule has 1 aliphatic rings. The van der Waals surface area contributed by atoms with E-state index in [4.69, 9.17) is 4.74 Å². The quantitative estimate of drug-likeness (QED) is 0.803. The van der Waals surface area contributed by atoms with Crippen LogP contribution in [0.15, 0.2) is 53.5 Å². The molecule has 2 aromatic carbocycles. The molecule has 1 atom stereocenters. The highest BCUT2D eigenvalue weighted by atomic mass is 79.9. The van der Waals surface area contributed by atoms with E-state index in [2.05, 4.69) is 51.7 Å². The van der Waals surface area contributed by atoms with Gasteiger partial charge in [-0.25, -0.2) is 0 Å². The number of ether oxygens (including phenoxy) is 1. The summed E-state index contributed by atoms with van der Waals surface area (Å²) in [6.45, 7) is 6.56. The van der Waals surface area contributed by atoms with E-state index in [0.29, 0.717) is 5.75 Å². The Balaban J connectivity index is 1.95. The number of methoxy groups -OCH3 is 1. The van der Waals surface area contributed by atoms with Crippen molar-refractivity contribution in [2.24, 2.45) is 0 Å². The minimum Gasteiger partial charge on any atom is -0.503 e. The largest absolute Gasteiger partial charge is 0.503 e. The smallest absolute Gasteiger partial charge is 0.172 e. The lowest BCUT2D eigenvalue weighted by Crippen LogP contribution is -2.32. The highest BCUT2D eigenvalue weighted by molar-refractivity contribution is 9.10. The molecule has 23 heavy (non-hydrogen) atoms. The van der Waals surface area contributed by atoms with Crippen molar-refractivity contribution in [1.82, 2.24) is 4.90 Å². The van der Waals surface area contributed by atoms with Crippen molar-refractivity contribution in [3.8, 4) is 11.5 Å². The summed E-state index contributed by atoms with van der Waals surface area (Å²) in [6.07, 6.45) is 1.97. The van der Waals surface area contributed by atoms with Gasteiger partial charge in [-0.1, -0.05) is 36.4 Å². The minimum absolute atomic E-state index is 0.163. The number of phenolic OH excluding ortho intramolecular Hbond substituents is 1. The van der Waals surface area contributed by atoms with E-state index in [-0.39, 0.29) is 11.7 Å². The van der Waals surface area contributed by atoms with Crippen molar-refractivity contribution < 1.29 is 9.84 Å². The Kier molecular flexibility index (Phi) is 4.74. The van der Waals surface area contributed by atoms with Gasteiger partial charge in [0.15, 0.2) is 11.5 Å². The molecule has 0 spiro atoms. The monoisotopic (exact) mass is 373 g/mol. The van der Waals surface area contributed by atoms with Gasteiger partial charge in [-0.3, -0.25) is 4.90 Å². The highest BCUT2D eigenvalue weighted by Gasteiger charge is 2.28. The van der Waals surface area contributed by atoms with Gasteiger partial charge in [-0.05, 0) is 38.7 Å². The molecule has 1 aliphatic heterocycles. The maximum Gasteiger partial charge on any atom is 0.172 e. The summed E-state index contributed by atoms with van der Waals surface area (Å²) in [7, 11) is 1.57. The number of benzene rings is 2. The van der Waals surface area contributed by atoms with Crippen LogP contribution in [-0.2, 0) is 13.1 Å². The molecule has 0 bridgehead atoms. The second-order valence-corrected chi connectivity index (χ2v) is 6.60. The molecule has 4 heteroatoms. The molecule has 1 heterocycles. The summed E-state index contributed by atoms with van der Waals surface area (Å²) >= 11 is 3.54. The van der Waals surface area contributed by atoms with E-state index >= 15 is 0 Å². The standard InChI is InChI=1S/C19H20BrNO2/c1-3-14-11-21(10-13-7-5-4-6-8-13)12-16-15(14)9-17(23-2)19(22)18(16)20/h3-9,14,22H,1,10-12H2,2H3/t14-/m0/s1. The lowest BCUT2D eigenvalue weighted by Gasteiger charge is -2.34. The van der Waals surface area contributed by atoms with Crippen LogP contribution in [-0.4, -0.2) is 23.7 Å². The van der Waals surface area contributed by atoms with Crippen molar-refractivity contribution >= 4 is 15.9 Å². The zero-order valence-corrected chi connectivity index (χ0v) is 14.7. The molecule has 0 amide bonds. The first kappa shape index (κ1) is 16.1. The van der Waals surface area contributed by atoms with E-state index in [1.54, 1.807) is 7.11 Å². The fourth-order valence-electron chi connectivity index (χ4n) is 3.15. The van der Waals surface area contributed by atoms with Gasteiger partial charge in [0.1, 0.15) is 0 Å². The molecular weight excluding hydrogens is 354 g/mol. The topological polar surface area (TPSA) is 32.7 Å². The molecule has 3 nitrogen and oxygen atoms in total. The predicted octanol–water partition coefficient (Wildman–Crippen LogP) is 4.45. The molecular formula is C19H20BrNO2. The van der Waals surface area contributed by atoms with Crippen molar-refractivity contribution in [2.75, 3.05) is 13.7 Å². The van der Waals surface area contributed by atoms with E-state index in [0.717, 1.165) is 29.7 Å². The predicted molar refractivity (Wildman–Crippen MR) is 95.9 cm³/mol. The van der Waals surface area contributed by atoms with Crippen LogP contribution in [0.3, 0.4) is 0 Å². The van der Waals surface area contributed by atoms with Gasteiger partial charge in [-0.15, -0.1) is 6.58 Å². The van der Waals surface area contributed by atoms with Crippen LogP contribution in [0.4, 0.5) is 0 Å². The maximum absolute atomic E-state index is 10.3. The van der Waals surface area contributed by atoms with E-state index < -0.39 is 0 Å². The van der Waals surface area contributed by atoms with Crippen molar-refractivity contribution in [1.29, 1.82) is 0 Å². The van der Waals surface area contributed by atoms with E-state index in [1.807, 2.05) is 18.2 Å². The fraction of sp³-hybridized carbons (Fsp3) is 0.263. The Hall–Kier alpha value is -1.78. The highest BCUT2D eigenvalue weighted by Crippen LogP contribution is 2.44. The molecule has 1 N–H and O–H groups in total. The van der Waals surface area contributed by atoms with Gasteiger partial charge >= 0.3 is 0 Å². The number of rotatable bonds is 4. The zero-order valence-electron chi connectivity index (χ0n) is 13.1. The zero-order chi connectivity index (χ0) is 16.4. The third-order valence-corrected chi connectivity index (χ3v) is 5.19. The molecule has 3 rings (SSSR count). The SMILES string of the molecule is C=C[C@H]1CN(Cc2ccccc2)Cc2c1cc(OC)c(O)c2Br. The molecule has 0 radical (unpaired) electrons. The minimum atomic E-state index is 0.163. The molecule has 0 saturated heterocycles. The maximum atomic E-state index is 10.3. The lowest BCUT2D eigenvalue weighted by atomic mass is 9.89. The van der Waals surface area contributed by atoms with Crippen LogP contribution >= 0.6 is 15.9 Å². The third-order valence-electron chi connectivity index (χ3n) is 4.33. The molecule has 0 fully saturated rings. The number of fused-ring (bicyclic) bond motifs is 1. The summed E-state index contributed by atoms with van der Waals surface area (Å²) in [5.74, 6) is 0.878. The summed E-state index contributed by atoms with van der Waals surface area (Å²) in [5, 5.41) is 10.3. The molecule has 0 aliphatic carbocycles. The van der Waals surface area contributed by atoms with Crippen LogP contribution in [0.25, 0.3) is 0 Å². The van der Waals surface area contributed by atoms with Crippen LogP contribution in [0.2, 0.25) is 0 Å². The summed E-state index contributed by atoms with van der Waals surface area (Å²) in [5.41, 5.74) is 3.56. The van der Waals surface area contributed by atoms with Crippen LogP contribution in [0.1, 0.15) is 22.6 Å². The van der Waals surface area contributed by atoms with Crippen LogP contribution < -0.4 is 4.74 Å². The fourth-order valence-corrected chi connectivity index (χ4v) is 3.70. The Morgan fingerprint density at radius 3 is 2.78 bits per heavy atom. The lowest BCUT2D eigenvalue weighted by molar-refractivity contribution is 0.232. The van der Waals surface area contributed by atoms with Gasteiger partial charge in [-0.2, -0.15) is 0 Å². The number of hydrogen-bond donors (Lipinski definition) is 1. The van der Waals surface area contributed by atoms with Gasteiger partial charge in [0.05, 0.1) is 11.6 Å². The summed E-state index contributed by atoms with van der Waals surface area (Å²) in [6, 6.07) is 12.4. The van der Waals surface area contributed by atoms with Crippen molar-refractivity contribution in [3.05, 3.63) is 70.2 Å². The van der Waals surface area contributed by atoms with Crippen molar-refractivity contribution in [2.45, 2.75) is 19.0 Å². The Morgan fingerprint density at radius 2 is 2.13 bits per heavy atom. The van der Waals surface area contributed by atoms with Crippen LogP contribution in [0, 0.1) is 0 Å². The second kappa shape index (κ2) is 6.77. The van der Waals surface area contributed by atoms with Gasteiger partial charge in [0, 0.05) is 25.6 Å².